The number of thiazole rings is 1. The summed E-state index contributed by atoms with van der Waals surface area (Å²) in [5.74, 6) is -0.0922. The van der Waals surface area contributed by atoms with E-state index >= 15 is 0 Å². The molecule has 4 nitrogen and oxygen atoms in total. The first kappa shape index (κ1) is 15.9. The molecule has 0 spiro atoms. The molecule has 0 aliphatic rings. The van der Waals surface area contributed by atoms with E-state index in [0.717, 1.165) is 21.8 Å². The van der Waals surface area contributed by atoms with Gasteiger partial charge in [0.15, 0.2) is 0 Å². The molecule has 1 amide bonds. The molecule has 0 aliphatic heterocycles. The van der Waals surface area contributed by atoms with Gasteiger partial charge in [-0.05, 0) is 25.3 Å². The second-order valence-electron chi connectivity index (χ2n) is 4.71. The topological polar surface area (TPSA) is 51.2 Å². The number of hydrogen-bond donors (Lipinski definition) is 1. The van der Waals surface area contributed by atoms with E-state index in [4.69, 9.17) is 4.74 Å². The third-order valence-electron chi connectivity index (χ3n) is 2.65. The molecule has 6 heteroatoms. The number of amides is 1. The van der Waals surface area contributed by atoms with E-state index in [2.05, 4.69) is 16.9 Å². The SMILES string of the molecule is C=C(C)COCCNC(=O)c1sc(-c2ccsc2)nc1C. The van der Waals surface area contributed by atoms with Crippen molar-refractivity contribution < 1.29 is 9.53 Å². The number of nitrogens with zero attached hydrogens (tertiary/aromatic N) is 1. The quantitative estimate of drug-likeness (QED) is 0.627. The van der Waals surface area contributed by atoms with Crippen LogP contribution in [-0.4, -0.2) is 30.6 Å². The zero-order valence-corrected chi connectivity index (χ0v) is 13.8. The Morgan fingerprint density at radius 2 is 2.33 bits per heavy atom. The van der Waals surface area contributed by atoms with Crippen molar-refractivity contribution >= 4 is 28.6 Å². The van der Waals surface area contributed by atoms with Gasteiger partial charge in [0.2, 0.25) is 0 Å². The molecule has 0 unspecified atom stereocenters. The average molecular weight is 322 g/mol. The Morgan fingerprint density at radius 3 is 3.00 bits per heavy atom. The predicted molar refractivity (Wildman–Crippen MR) is 88.1 cm³/mol. The first-order valence-corrected chi connectivity index (χ1v) is 8.34. The molecule has 0 aromatic carbocycles. The predicted octanol–water partition coefficient (Wildman–Crippen LogP) is 3.50. The summed E-state index contributed by atoms with van der Waals surface area (Å²) < 4.78 is 5.35. The van der Waals surface area contributed by atoms with Crippen LogP contribution in [0.1, 0.15) is 22.3 Å². The number of aromatic nitrogens is 1. The Bertz CT molecular complexity index is 618. The number of nitrogens with one attached hydrogen (secondary N) is 1. The molecule has 0 saturated heterocycles. The minimum Gasteiger partial charge on any atom is -0.375 e. The van der Waals surface area contributed by atoms with Crippen molar-refractivity contribution in [2.45, 2.75) is 13.8 Å². The molecule has 1 N–H and O–H groups in total. The summed E-state index contributed by atoms with van der Waals surface area (Å²) in [6.07, 6.45) is 0. The molecular weight excluding hydrogens is 304 g/mol. The van der Waals surface area contributed by atoms with Crippen LogP contribution in [0.4, 0.5) is 0 Å². The van der Waals surface area contributed by atoms with Crippen LogP contribution >= 0.6 is 22.7 Å². The number of rotatable bonds is 7. The van der Waals surface area contributed by atoms with E-state index < -0.39 is 0 Å². The highest BCUT2D eigenvalue weighted by atomic mass is 32.1. The maximum Gasteiger partial charge on any atom is 0.263 e. The fourth-order valence-electron chi connectivity index (χ4n) is 1.68. The maximum atomic E-state index is 12.1. The highest BCUT2D eigenvalue weighted by molar-refractivity contribution is 7.17. The molecule has 0 aliphatic carbocycles. The van der Waals surface area contributed by atoms with Crippen LogP contribution in [0.5, 0.6) is 0 Å². The van der Waals surface area contributed by atoms with Gasteiger partial charge in [0.1, 0.15) is 9.88 Å². The van der Waals surface area contributed by atoms with Gasteiger partial charge in [-0.15, -0.1) is 11.3 Å². The number of thiophene rings is 1. The molecule has 2 aromatic rings. The van der Waals surface area contributed by atoms with Crippen molar-refractivity contribution in [1.29, 1.82) is 0 Å². The Morgan fingerprint density at radius 1 is 1.52 bits per heavy atom. The molecule has 0 saturated carbocycles. The van der Waals surface area contributed by atoms with Crippen LogP contribution in [0.3, 0.4) is 0 Å². The van der Waals surface area contributed by atoms with Crippen LogP contribution < -0.4 is 5.32 Å². The third kappa shape index (κ3) is 4.49. The minimum absolute atomic E-state index is 0.0922. The Hall–Kier alpha value is -1.50. The van der Waals surface area contributed by atoms with E-state index in [1.807, 2.05) is 30.7 Å². The van der Waals surface area contributed by atoms with E-state index in [0.29, 0.717) is 24.6 Å². The summed E-state index contributed by atoms with van der Waals surface area (Å²) in [5.41, 5.74) is 2.80. The second kappa shape index (κ2) is 7.49. The van der Waals surface area contributed by atoms with Gasteiger partial charge in [-0.1, -0.05) is 12.2 Å². The van der Waals surface area contributed by atoms with E-state index in [9.17, 15) is 4.79 Å². The molecular formula is C15H18N2O2S2. The van der Waals surface area contributed by atoms with E-state index in [1.165, 1.54) is 11.3 Å². The van der Waals surface area contributed by atoms with Crippen molar-refractivity contribution in [3.05, 3.63) is 39.5 Å². The van der Waals surface area contributed by atoms with Gasteiger partial charge in [-0.25, -0.2) is 4.98 Å². The fourth-order valence-corrected chi connectivity index (χ4v) is 3.37. The van der Waals surface area contributed by atoms with Gasteiger partial charge in [0, 0.05) is 17.5 Å². The van der Waals surface area contributed by atoms with Gasteiger partial charge in [-0.2, -0.15) is 11.3 Å². The number of aryl methyl sites for hydroxylation is 1. The molecule has 112 valence electrons. The van der Waals surface area contributed by atoms with Crippen LogP contribution in [0.15, 0.2) is 29.0 Å². The molecule has 21 heavy (non-hydrogen) atoms. The van der Waals surface area contributed by atoms with Gasteiger partial charge in [0.05, 0.1) is 18.9 Å². The van der Waals surface area contributed by atoms with Crippen LogP contribution in [0.2, 0.25) is 0 Å². The normalized spacial score (nSPS) is 10.6. The fraction of sp³-hybridized carbons (Fsp3) is 0.333. The summed E-state index contributed by atoms with van der Waals surface area (Å²) >= 11 is 3.04. The van der Waals surface area contributed by atoms with Crippen molar-refractivity contribution in [2.75, 3.05) is 19.8 Å². The van der Waals surface area contributed by atoms with E-state index in [1.54, 1.807) is 11.3 Å². The molecule has 2 aromatic heterocycles. The van der Waals surface area contributed by atoms with Crippen molar-refractivity contribution in [2.24, 2.45) is 0 Å². The van der Waals surface area contributed by atoms with E-state index in [-0.39, 0.29) is 5.91 Å². The number of carbonyl (C=O) groups excluding carboxylic acids is 1. The van der Waals surface area contributed by atoms with Crippen molar-refractivity contribution in [3.63, 3.8) is 0 Å². The standard InChI is InChI=1S/C15H18N2O2S2/c1-10(2)8-19-6-5-16-14(18)13-11(3)17-15(21-13)12-4-7-20-9-12/h4,7,9H,1,5-6,8H2,2-3H3,(H,16,18). The molecule has 0 radical (unpaired) electrons. The Balaban J connectivity index is 1.89. The van der Waals surface area contributed by atoms with Crippen LogP contribution in [0.25, 0.3) is 10.6 Å². The highest BCUT2D eigenvalue weighted by Crippen LogP contribution is 2.29. The highest BCUT2D eigenvalue weighted by Gasteiger charge is 2.15. The third-order valence-corrected chi connectivity index (χ3v) is 4.54. The minimum atomic E-state index is -0.0922. The smallest absolute Gasteiger partial charge is 0.263 e. The zero-order valence-electron chi connectivity index (χ0n) is 12.1. The molecule has 0 fully saturated rings. The van der Waals surface area contributed by atoms with Gasteiger partial charge in [-0.3, -0.25) is 4.79 Å². The molecule has 0 bridgehead atoms. The van der Waals surface area contributed by atoms with Gasteiger partial charge in [0.25, 0.3) is 5.91 Å². The lowest BCUT2D eigenvalue weighted by molar-refractivity contribution is 0.0930. The van der Waals surface area contributed by atoms with Crippen LogP contribution in [-0.2, 0) is 4.74 Å². The lowest BCUT2D eigenvalue weighted by Gasteiger charge is -2.05. The molecule has 0 atom stereocenters. The number of carbonyl (C=O) groups is 1. The Labute approximate surface area is 132 Å². The largest absolute Gasteiger partial charge is 0.375 e. The lowest BCUT2D eigenvalue weighted by Crippen LogP contribution is -2.27. The monoisotopic (exact) mass is 322 g/mol. The first-order chi connectivity index (χ1) is 10.1. The molecule has 2 rings (SSSR count). The van der Waals surface area contributed by atoms with Crippen LogP contribution in [0, 0.1) is 6.92 Å². The summed E-state index contributed by atoms with van der Waals surface area (Å²) in [4.78, 5) is 17.3. The van der Waals surface area contributed by atoms with Gasteiger partial charge >= 0.3 is 0 Å². The lowest BCUT2D eigenvalue weighted by atomic mass is 10.3. The van der Waals surface area contributed by atoms with Crippen molar-refractivity contribution in [3.8, 4) is 10.6 Å². The number of hydrogen-bond acceptors (Lipinski definition) is 5. The summed E-state index contributed by atoms with van der Waals surface area (Å²) in [5, 5.41) is 7.78. The molecule has 2 heterocycles. The number of ether oxygens (including phenoxy) is 1. The summed E-state index contributed by atoms with van der Waals surface area (Å²) in [6.45, 7) is 9.01. The average Bonchev–Trinajstić information content (AvgIpc) is 3.06. The van der Waals surface area contributed by atoms with Crippen molar-refractivity contribution in [1.82, 2.24) is 10.3 Å². The summed E-state index contributed by atoms with van der Waals surface area (Å²) in [6, 6.07) is 2.01. The van der Waals surface area contributed by atoms with Gasteiger partial charge < -0.3 is 10.1 Å². The second-order valence-corrected chi connectivity index (χ2v) is 6.49. The first-order valence-electron chi connectivity index (χ1n) is 6.58. The zero-order chi connectivity index (χ0) is 15.2. The summed E-state index contributed by atoms with van der Waals surface area (Å²) in [7, 11) is 0. The Kier molecular flexibility index (Phi) is 5.67. The maximum absolute atomic E-state index is 12.1.